The second kappa shape index (κ2) is 5.42. The van der Waals surface area contributed by atoms with E-state index in [1.807, 2.05) is 6.92 Å². The molecule has 0 amide bonds. The van der Waals surface area contributed by atoms with E-state index < -0.39 is 0 Å². The average molecular weight is 172 g/mol. The van der Waals surface area contributed by atoms with E-state index in [9.17, 15) is 4.79 Å². The molecular weight excluding hydrogens is 156 g/mol. The van der Waals surface area contributed by atoms with Crippen molar-refractivity contribution in [2.75, 3.05) is 0 Å². The molecule has 0 saturated heterocycles. The fourth-order valence-electron chi connectivity index (χ4n) is 0.872. The second-order valence-corrected chi connectivity index (χ2v) is 3.78. The van der Waals surface area contributed by atoms with E-state index in [0.29, 0.717) is 18.8 Å². The summed E-state index contributed by atoms with van der Waals surface area (Å²) in [6.45, 7) is 6.10. The molecule has 0 aromatic carbocycles. The van der Waals surface area contributed by atoms with Crippen LogP contribution in [0.2, 0.25) is 0 Å². The van der Waals surface area contributed by atoms with Crippen molar-refractivity contribution >= 4 is 22.9 Å². The van der Waals surface area contributed by atoms with Gasteiger partial charge < -0.3 is 0 Å². The number of carbonyl (C=O) groups is 1. The van der Waals surface area contributed by atoms with E-state index in [2.05, 4.69) is 13.8 Å². The highest BCUT2D eigenvalue weighted by atomic mass is 32.1. The predicted molar refractivity (Wildman–Crippen MR) is 52.0 cm³/mol. The summed E-state index contributed by atoms with van der Waals surface area (Å²) in [5.74, 6) is 0.836. The molecule has 0 fully saturated rings. The summed E-state index contributed by atoms with van der Waals surface area (Å²) in [6, 6.07) is 0. The van der Waals surface area contributed by atoms with Gasteiger partial charge in [-0.05, 0) is 12.3 Å². The Morgan fingerprint density at radius 2 is 2.00 bits per heavy atom. The highest BCUT2D eigenvalue weighted by Crippen LogP contribution is 2.05. The smallest absolute Gasteiger partial charge is 0.137 e. The van der Waals surface area contributed by atoms with Gasteiger partial charge in [0.15, 0.2) is 0 Å². The maximum Gasteiger partial charge on any atom is 0.137 e. The molecule has 2 heteroatoms. The van der Waals surface area contributed by atoms with Crippen LogP contribution >= 0.6 is 12.2 Å². The Labute approximate surface area is 74.2 Å². The second-order valence-electron chi connectivity index (χ2n) is 3.21. The van der Waals surface area contributed by atoms with Gasteiger partial charge in [0.2, 0.25) is 0 Å². The van der Waals surface area contributed by atoms with Crippen LogP contribution in [0.3, 0.4) is 0 Å². The van der Waals surface area contributed by atoms with E-state index in [0.717, 1.165) is 11.3 Å². The summed E-state index contributed by atoms with van der Waals surface area (Å²) >= 11 is 5.05. The number of hydrogen-bond acceptors (Lipinski definition) is 2. The lowest BCUT2D eigenvalue weighted by Gasteiger charge is -2.04. The van der Waals surface area contributed by atoms with Crippen molar-refractivity contribution in [3.05, 3.63) is 0 Å². The molecule has 0 aromatic heterocycles. The Balaban J connectivity index is 3.61. The fourth-order valence-corrected chi connectivity index (χ4v) is 1.37. The van der Waals surface area contributed by atoms with Gasteiger partial charge in [0, 0.05) is 17.7 Å². The molecule has 11 heavy (non-hydrogen) atoms. The van der Waals surface area contributed by atoms with E-state index in [1.54, 1.807) is 0 Å². The normalized spacial score (nSPS) is 10.2. The number of thiocarbonyl (C=S) groups is 1. The molecule has 0 aliphatic carbocycles. The van der Waals surface area contributed by atoms with Crippen LogP contribution in [0.5, 0.6) is 0 Å². The van der Waals surface area contributed by atoms with Crippen LogP contribution in [0.25, 0.3) is 0 Å². The average Bonchev–Trinajstić information content (AvgIpc) is 1.85. The van der Waals surface area contributed by atoms with Gasteiger partial charge in [-0.2, -0.15) is 0 Å². The highest BCUT2D eigenvalue weighted by Gasteiger charge is 2.05. The lowest BCUT2D eigenvalue weighted by Crippen LogP contribution is -2.06. The standard InChI is InChI=1S/C9H16OS/c1-4-8(10)6-9(11)5-7(2)3/h7H,4-6H2,1-3H3. The first kappa shape index (κ1) is 10.8. The summed E-state index contributed by atoms with van der Waals surface area (Å²) in [4.78, 5) is 11.8. The van der Waals surface area contributed by atoms with Crippen LogP contribution in [0.4, 0.5) is 0 Å². The molecule has 0 spiro atoms. The Bertz CT molecular complexity index is 150. The molecule has 0 atom stereocenters. The van der Waals surface area contributed by atoms with E-state index in [1.165, 1.54) is 0 Å². The van der Waals surface area contributed by atoms with Gasteiger partial charge in [0.1, 0.15) is 5.78 Å². The predicted octanol–water partition coefficient (Wildman–Crippen LogP) is 2.77. The molecule has 0 rings (SSSR count). The van der Waals surface area contributed by atoms with Gasteiger partial charge in [-0.15, -0.1) is 0 Å². The summed E-state index contributed by atoms with van der Waals surface area (Å²) < 4.78 is 0. The molecule has 0 aromatic rings. The highest BCUT2D eigenvalue weighted by molar-refractivity contribution is 7.80. The van der Waals surface area contributed by atoms with E-state index in [4.69, 9.17) is 12.2 Å². The minimum Gasteiger partial charge on any atom is -0.299 e. The largest absolute Gasteiger partial charge is 0.299 e. The van der Waals surface area contributed by atoms with Crippen molar-refractivity contribution in [1.82, 2.24) is 0 Å². The Morgan fingerprint density at radius 1 is 1.45 bits per heavy atom. The third-order valence-electron chi connectivity index (χ3n) is 1.42. The zero-order valence-electron chi connectivity index (χ0n) is 7.52. The van der Waals surface area contributed by atoms with Crippen molar-refractivity contribution in [2.24, 2.45) is 5.92 Å². The molecule has 0 aliphatic heterocycles. The minimum absolute atomic E-state index is 0.260. The third kappa shape index (κ3) is 6.17. The number of ketones is 1. The summed E-state index contributed by atoms with van der Waals surface area (Å²) in [6.07, 6.45) is 2.02. The fraction of sp³-hybridized carbons (Fsp3) is 0.778. The summed E-state index contributed by atoms with van der Waals surface area (Å²) in [5, 5.41) is 0. The van der Waals surface area contributed by atoms with Gasteiger partial charge >= 0.3 is 0 Å². The van der Waals surface area contributed by atoms with Crippen molar-refractivity contribution in [1.29, 1.82) is 0 Å². The number of rotatable bonds is 5. The molecule has 64 valence electrons. The van der Waals surface area contributed by atoms with Crippen molar-refractivity contribution in [2.45, 2.75) is 40.0 Å². The SMILES string of the molecule is CCC(=O)CC(=S)CC(C)C. The lowest BCUT2D eigenvalue weighted by molar-refractivity contribution is -0.117. The van der Waals surface area contributed by atoms with Gasteiger partial charge in [0.05, 0.1) is 0 Å². The molecular formula is C9H16OS. The number of hydrogen-bond donors (Lipinski definition) is 0. The van der Waals surface area contributed by atoms with Gasteiger partial charge in [0.25, 0.3) is 0 Å². The first-order valence-electron chi connectivity index (χ1n) is 4.09. The molecule has 0 heterocycles. The molecule has 1 nitrogen and oxygen atoms in total. The molecule has 0 unspecified atom stereocenters. The zero-order chi connectivity index (χ0) is 8.85. The lowest BCUT2D eigenvalue weighted by atomic mass is 10.0. The molecule has 0 aliphatic rings. The first-order valence-corrected chi connectivity index (χ1v) is 4.50. The van der Waals surface area contributed by atoms with Crippen LogP contribution in [-0.2, 0) is 4.79 Å². The van der Waals surface area contributed by atoms with Crippen molar-refractivity contribution in [3.8, 4) is 0 Å². The van der Waals surface area contributed by atoms with Crippen LogP contribution in [0.15, 0.2) is 0 Å². The molecule has 0 saturated carbocycles. The minimum atomic E-state index is 0.260. The Kier molecular flexibility index (Phi) is 5.30. The van der Waals surface area contributed by atoms with Crippen molar-refractivity contribution < 1.29 is 4.79 Å². The Morgan fingerprint density at radius 3 is 2.36 bits per heavy atom. The summed E-state index contributed by atoms with van der Waals surface area (Å²) in [5.41, 5.74) is 0. The maximum atomic E-state index is 10.9. The van der Waals surface area contributed by atoms with Crippen LogP contribution < -0.4 is 0 Å². The monoisotopic (exact) mass is 172 g/mol. The quantitative estimate of drug-likeness (QED) is 0.593. The van der Waals surface area contributed by atoms with Crippen LogP contribution in [0.1, 0.15) is 40.0 Å². The first-order chi connectivity index (χ1) is 5.06. The number of Topliss-reactive ketones (excluding diaryl/α,β-unsaturated/α-hetero) is 1. The Hall–Kier alpha value is -0.240. The van der Waals surface area contributed by atoms with Crippen LogP contribution in [0, 0.1) is 5.92 Å². The van der Waals surface area contributed by atoms with Crippen molar-refractivity contribution in [3.63, 3.8) is 0 Å². The maximum absolute atomic E-state index is 10.9. The topological polar surface area (TPSA) is 17.1 Å². The molecule has 0 N–H and O–H groups in total. The van der Waals surface area contributed by atoms with Gasteiger partial charge in [-0.3, -0.25) is 4.79 Å². The van der Waals surface area contributed by atoms with Crippen LogP contribution in [-0.4, -0.2) is 10.6 Å². The van der Waals surface area contributed by atoms with E-state index >= 15 is 0 Å². The third-order valence-corrected chi connectivity index (χ3v) is 1.74. The molecule has 0 bridgehead atoms. The zero-order valence-corrected chi connectivity index (χ0v) is 8.33. The van der Waals surface area contributed by atoms with Gasteiger partial charge in [-0.1, -0.05) is 33.0 Å². The number of carbonyl (C=O) groups excluding carboxylic acids is 1. The van der Waals surface area contributed by atoms with E-state index in [-0.39, 0.29) is 5.78 Å². The summed E-state index contributed by atoms with van der Waals surface area (Å²) in [7, 11) is 0. The molecule has 0 radical (unpaired) electrons. The van der Waals surface area contributed by atoms with Gasteiger partial charge in [-0.25, -0.2) is 0 Å².